The summed E-state index contributed by atoms with van der Waals surface area (Å²) < 4.78 is 18.9. The smallest absolute Gasteiger partial charge is 0.259 e. The summed E-state index contributed by atoms with van der Waals surface area (Å²) in [7, 11) is 0. The molecule has 150 valence electrons. The highest BCUT2D eigenvalue weighted by Gasteiger charge is 2.23. The third-order valence-corrected chi connectivity index (χ3v) is 4.77. The molecule has 4 rings (SSSR count). The van der Waals surface area contributed by atoms with Crippen molar-refractivity contribution in [1.29, 1.82) is 0 Å². The molecule has 2 N–H and O–H groups in total. The van der Waals surface area contributed by atoms with E-state index in [2.05, 4.69) is 25.4 Å². The summed E-state index contributed by atoms with van der Waals surface area (Å²) in [6.45, 7) is 5.64. The first-order valence-corrected chi connectivity index (χ1v) is 9.46. The van der Waals surface area contributed by atoms with E-state index in [1.54, 1.807) is 18.3 Å². The second kappa shape index (κ2) is 8.00. The van der Waals surface area contributed by atoms with Gasteiger partial charge in [0.25, 0.3) is 5.91 Å². The van der Waals surface area contributed by atoms with Crippen LogP contribution in [0.2, 0.25) is 0 Å². The van der Waals surface area contributed by atoms with Crippen molar-refractivity contribution in [2.45, 2.75) is 26.1 Å². The summed E-state index contributed by atoms with van der Waals surface area (Å²) in [5.41, 5.74) is 2.16. The number of amides is 1. The van der Waals surface area contributed by atoms with Gasteiger partial charge in [-0.2, -0.15) is 5.10 Å². The number of hydrogen-bond donors (Lipinski definition) is 2. The molecular formula is C21H22FN5O2. The number of carbonyl (C=O) groups excluding carboxylic acids is 1. The first-order chi connectivity index (χ1) is 14.0. The van der Waals surface area contributed by atoms with E-state index in [1.807, 2.05) is 26.0 Å². The Bertz CT molecular complexity index is 977. The zero-order chi connectivity index (χ0) is 20.4. The number of morpholine rings is 1. The Balaban J connectivity index is 1.47. The quantitative estimate of drug-likeness (QED) is 0.707. The van der Waals surface area contributed by atoms with E-state index in [0.29, 0.717) is 22.5 Å². The van der Waals surface area contributed by atoms with Crippen molar-refractivity contribution in [1.82, 2.24) is 15.2 Å². The van der Waals surface area contributed by atoms with Gasteiger partial charge in [0.1, 0.15) is 11.6 Å². The van der Waals surface area contributed by atoms with Crippen LogP contribution in [0.25, 0.3) is 11.3 Å². The number of carbonyl (C=O) groups is 1. The highest BCUT2D eigenvalue weighted by molar-refractivity contribution is 6.07. The van der Waals surface area contributed by atoms with Gasteiger partial charge in [-0.05, 0) is 50.2 Å². The predicted octanol–water partition coefficient (Wildman–Crippen LogP) is 3.48. The zero-order valence-corrected chi connectivity index (χ0v) is 16.2. The van der Waals surface area contributed by atoms with Crippen molar-refractivity contribution in [2.24, 2.45) is 0 Å². The second-order valence-electron chi connectivity index (χ2n) is 7.19. The van der Waals surface area contributed by atoms with E-state index in [0.717, 1.165) is 18.9 Å². The first-order valence-electron chi connectivity index (χ1n) is 9.46. The average Bonchev–Trinajstić information content (AvgIpc) is 3.18. The Morgan fingerprint density at radius 1 is 1.14 bits per heavy atom. The first kappa shape index (κ1) is 19.1. The molecule has 29 heavy (non-hydrogen) atoms. The Kier molecular flexibility index (Phi) is 5.26. The fourth-order valence-corrected chi connectivity index (χ4v) is 3.51. The lowest BCUT2D eigenvalue weighted by Gasteiger charge is -2.36. The molecule has 1 aliphatic heterocycles. The Morgan fingerprint density at radius 2 is 1.86 bits per heavy atom. The summed E-state index contributed by atoms with van der Waals surface area (Å²) in [4.78, 5) is 19.4. The van der Waals surface area contributed by atoms with E-state index in [9.17, 15) is 9.18 Å². The fourth-order valence-electron chi connectivity index (χ4n) is 3.51. The van der Waals surface area contributed by atoms with Gasteiger partial charge in [0.2, 0.25) is 0 Å². The van der Waals surface area contributed by atoms with Gasteiger partial charge in [-0.25, -0.2) is 9.37 Å². The lowest BCUT2D eigenvalue weighted by Crippen LogP contribution is -2.45. The minimum Gasteiger partial charge on any atom is -0.372 e. The number of aromatic nitrogens is 3. The largest absolute Gasteiger partial charge is 0.372 e. The van der Waals surface area contributed by atoms with Gasteiger partial charge in [0.15, 0.2) is 0 Å². The summed E-state index contributed by atoms with van der Waals surface area (Å²) in [5.74, 6) is 0.191. The fraction of sp³-hybridized carbons (Fsp3) is 0.286. The Morgan fingerprint density at radius 3 is 2.52 bits per heavy atom. The maximum absolute atomic E-state index is 13.2. The van der Waals surface area contributed by atoms with Crippen LogP contribution in [0.15, 0.2) is 48.8 Å². The van der Waals surface area contributed by atoms with Gasteiger partial charge in [-0.1, -0.05) is 0 Å². The standard InChI is InChI=1S/C21H22FN5O2/c1-13-11-27(12-14(2)29-13)19-8-7-17(9-23-19)25-21(28)18-10-24-26-20(18)15-3-5-16(22)6-4-15/h3-10,13-14H,11-12H2,1-2H3,(H,24,26)(H,25,28)/t13-,14+. The molecule has 0 spiro atoms. The van der Waals surface area contributed by atoms with Crippen molar-refractivity contribution < 1.29 is 13.9 Å². The third kappa shape index (κ3) is 4.27. The highest BCUT2D eigenvalue weighted by atomic mass is 19.1. The van der Waals surface area contributed by atoms with Crippen LogP contribution >= 0.6 is 0 Å². The van der Waals surface area contributed by atoms with Gasteiger partial charge in [-0.15, -0.1) is 0 Å². The summed E-state index contributed by atoms with van der Waals surface area (Å²) in [6, 6.07) is 9.58. The molecule has 0 saturated carbocycles. The topological polar surface area (TPSA) is 83.1 Å². The van der Waals surface area contributed by atoms with E-state index < -0.39 is 0 Å². The number of benzene rings is 1. The number of H-pyrrole nitrogens is 1. The number of aromatic amines is 1. The number of nitrogens with zero attached hydrogens (tertiary/aromatic N) is 3. The van der Waals surface area contributed by atoms with Crippen LogP contribution in [-0.2, 0) is 4.74 Å². The Hall–Kier alpha value is -3.26. The van der Waals surface area contributed by atoms with Crippen LogP contribution in [0.5, 0.6) is 0 Å². The number of pyridine rings is 1. The van der Waals surface area contributed by atoms with Crippen molar-refractivity contribution >= 4 is 17.4 Å². The summed E-state index contributed by atoms with van der Waals surface area (Å²) in [5, 5.41) is 9.60. The van der Waals surface area contributed by atoms with E-state index in [-0.39, 0.29) is 23.9 Å². The number of halogens is 1. The Labute approximate surface area is 167 Å². The molecule has 3 heterocycles. The van der Waals surface area contributed by atoms with Crippen LogP contribution in [-0.4, -0.2) is 46.4 Å². The number of anilines is 2. The molecule has 2 aromatic heterocycles. The lowest BCUT2D eigenvalue weighted by atomic mass is 10.1. The molecule has 0 aliphatic carbocycles. The van der Waals surface area contributed by atoms with Crippen LogP contribution in [0, 0.1) is 5.82 Å². The minimum atomic E-state index is -0.338. The van der Waals surface area contributed by atoms with Crippen LogP contribution in [0.1, 0.15) is 24.2 Å². The van der Waals surface area contributed by atoms with E-state index >= 15 is 0 Å². The van der Waals surface area contributed by atoms with E-state index in [4.69, 9.17) is 4.74 Å². The molecule has 1 saturated heterocycles. The molecule has 1 amide bonds. The number of hydrogen-bond acceptors (Lipinski definition) is 5. The monoisotopic (exact) mass is 395 g/mol. The molecule has 7 nitrogen and oxygen atoms in total. The highest BCUT2D eigenvalue weighted by Crippen LogP contribution is 2.23. The average molecular weight is 395 g/mol. The van der Waals surface area contributed by atoms with Gasteiger partial charge < -0.3 is 15.0 Å². The number of nitrogens with one attached hydrogen (secondary N) is 2. The minimum absolute atomic E-state index is 0.144. The number of rotatable bonds is 4. The molecule has 1 fully saturated rings. The van der Waals surface area contributed by atoms with Gasteiger partial charge >= 0.3 is 0 Å². The maximum Gasteiger partial charge on any atom is 0.259 e. The van der Waals surface area contributed by atoms with Crippen LogP contribution in [0.4, 0.5) is 15.9 Å². The molecule has 1 aromatic carbocycles. The molecule has 1 aliphatic rings. The van der Waals surface area contributed by atoms with E-state index in [1.165, 1.54) is 18.3 Å². The van der Waals surface area contributed by atoms with Gasteiger partial charge in [0, 0.05) is 18.7 Å². The SMILES string of the molecule is C[C@@H]1CN(c2ccc(NC(=O)c3cn[nH]c3-c3ccc(F)cc3)cn2)C[C@H](C)O1. The molecule has 3 aromatic rings. The van der Waals surface area contributed by atoms with Crippen LogP contribution in [0.3, 0.4) is 0 Å². The normalized spacial score (nSPS) is 19.2. The van der Waals surface area contributed by atoms with Crippen molar-refractivity contribution in [3.05, 3.63) is 60.2 Å². The molecule has 0 unspecified atom stereocenters. The molecular weight excluding hydrogens is 373 g/mol. The van der Waals surface area contributed by atoms with Crippen molar-refractivity contribution in [3.63, 3.8) is 0 Å². The predicted molar refractivity (Wildman–Crippen MR) is 108 cm³/mol. The zero-order valence-electron chi connectivity index (χ0n) is 16.2. The summed E-state index contributed by atoms with van der Waals surface area (Å²) in [6.07, 6.45) is 3.37. The second-order valence-corrected chi connectivity index (χ2v) is 7.19. The molecule has 0 radical (unpaired) electrons. The van der Waals surface area contributed by atoms with Crippen molar-refractivity contribution in [2.75, 3.05) is 23.3 Å². The van der Waals surface area contributed by atoms with Crippen molar-refractivity contribution in [3.8, 4) is 11.3 Å². The molecule has 8 heteroatoms. The lowest BCUT2D eigenvalue weighted by molar-refractivity contribution is -0.00545. The molecule has 2 atom stereocenters. The third-order valence-electron chi connectivity index (χ3n) is 4.77. The number of ether oxygens (including phenoxy) is 1. The maximum atomic E-state index is 13.2. The van der Waals surface area contributed by atoms with Gasteiger partial charge in [-0.3, -0.25) is 9.89 Å². The summed E-state index contributed by atoms with van der Waals surface area (Å²) >= 11 is 0. The van der Waals surface area contributed by atoms with Crippen LogP contribution < -0.4 is 10.2 Å². The van der Waals surface area contributed by atoms with Gasteiger partial charge in [0.05, 0.1) is 41.5 Å². The molecule has 0 bridgehead atoms.